The molecule has 0 saturated carbocycles. The zero-order chi connectivity index (χ0) is 10.8. The van der Waals surface area contributed by atoms with Gasteiger partial charge < -0.3 is 14.6 Å². The van der Waals surface area contributed by atoms with E-state index >= 15 is 0 Å². The lowest BCUT2D eigenvalue weighted by Crippen LogP contribution is -2.36. The van der Waals surface area contributed by atoms with Crippen molar-refractivity contribution < 1.29 is 4.74 Å². The van der Waals surface area contributed by atoms with Gasteiger partial charge in [0.15, 0.2) is 0 Å². The van der Waals surface area contributed by atoms with Gasteiger partial charge in [-0.15, -0.1) is 0 Å². The number of ether oxygens (including phenoxy) is 1. The molecule has 0 spiro atoms. The topological polar surface area (TPSA) is 42.3 Å². The second-order valence-corrected chi connectivity index (χ2v) is 4.40. The molecule has 1 saturated heterocycles. The highest BCUT2D eigenvalue weighted by Gasteiger charge is 2.18. The van der Waals surface area contributed by atoms with Gasteiger partial charge in [0.2, 0.25) is 0 Å². The predicted octanol–water partition coefficient (Wildman–Crippen LogP) is -0.182. The smallest absolute Gasteiger partial charge is 0.0953 e. The highest BCUT2D eigenvalue weighted by Crippen LogP contribution is 2.13. The molecule has 0 aliphatic carbocycles. The Morgan fingerprint density at radius 3 is 3.06 bits per heavy atom. The van der Waals surface area contributed by atoms with E-state index in [1.807, 2.05) is 6.33 Å². The number of hydrogen-bond acceptors (Lipinski definition) is 4. The van der Waals surface area contributed by atoms with Crippen molar-refractivity contribution in [2.45, 2.75) is 19.6 Å². The minimum atomic E-state index is 0.855. The van der Waals surface area contributed by atoms with Crippen LogP contribution in [0, 0.1) is 0 Å². The number of morpholine rings is 1. The lowest BCUT2D eigenvalue weighted by atomic mass is 10.2. The second kappa shape index (κ2) is 4.53. The summed E-state index contributed by atoms with van der Waals surface area (Å²) < 4.78 is 7.62. The second-order valence-electron chi connectivity index (χ2n) is 4.40. The number of nitrogens with zero attached hydrogens (tertiary/aromatic N) is 3. The van der Waals surface area contributed by atoms with Crippen LogP contribution in [0.1, 0.15) is 11.4 Å². The van der Waals surface area contributed by atoms with E-state index < -0.39 is 0 Å². The summed E-state index contributed by atoms with van der Waals surface area (Å²) in [5.74, 6) is 0. The van der Waals surface area contributed by atoms with E-state index in [4.69, 9.17) is 4.74 Å². The van der Waals surface area contributed by atoms with Gasteiger partial charge in [0.05, 0.1) is 30.9 Å². The van der Waals surface area contributed by atoms with E-state index in [9.17, 15) is 0 Å². The third-order valence-electron chi connectivity index (χ3n) is 3.33. The number of fused-ring (bicyclic) bond motifs is 1. The van der Waals surface area contributed by atoms with Gasteiger partial charge in [0.1, 0.15) is 0 Å². The highest BCUT2D eigenvalue weighted by atomic mass is 16.5. The van der Waals surface area contributed by atoms with E-state index in [0.29, 0.717) is 0 Å². The lowest BCUT2D eigenvalue weighted by molar-refractivity contribution is 0.0335. The van der Waals surface area contributed by atoms with Crippen LogP contribution in [0.15, 0.2) is 6.33 Å². The molecule has 1 aromatic heterocycles. The molecule has 2 aliphatic heterocycles. The molecule has 1 N–H and O–H groups in total. The van der Waals surface area contributed by atoms with Crippen LogP contribution in [0.5, 0.6) is 0 Å². The molecule has 5 nitrogen and oxygen atoms in total. The Balaban J connectivity index is 1.71. The van der Waals surface area contributed by atoms with Gasteiger partial charge in [-0.2, -0.15) is 0 Å². The monoisotopic (exact) mass is 222 g/mol. The molecule has 3 rings (SSSR count). The first-order valence-corrected chi connectivity index (χ1v) is 5.97. The van der Waals surface area contributed by atoms with Gasteiger partial charge in [0, 0.05) is 39.3 Å². The third-order valence-corrected chi connectivity index (χ3v) is 3.33. The average molecular weight is 222 g/mol. The molecule has 0 atom stereocenters. The van der Waals surface area contributed by atoms with E-state index in [-0.39, 0.29) is 0 Å². The Morgan fingerprint density at radius 1 is 1.31 bits per heavy atom. The van der Waals surface area contributed by atoms with Crippen LogP contribution in [0.4, 0.5) is 0 Å². The molecule has 1 aromatic rings. The summed E-state index contributed by atoms with van der Waals surface area (Å²) in [6, 6.07) is 0. The first kappa shape index (κ1) is 10.3. The van der Waals surface area contributed by atoms with Crippen LogP contribution < -0.4 is 5.32 Å². The lowest BCUT2D eigenvalue weighted by Gasteiger charge is -2.26. The molecule has 0 radical (unpaired) electrons. The van der Waals surface area contributed by atoms with Crippen molar-refractivity contribution in [3.63, 3.8) is 0 Å². The molecule has 5 heteroatoms. The summed E-state index contributed by atoms with van der Waals surface area (Å²) in [4.78, 5) is 6.95. The van der Waals surface area contributed by atoms with E-state index in [0.717, 1.165) is 52.5 Å². The van der Waals surface area contributed by atoms with Gasteiger partial charge in [-0.3, -0.25) is 4.90 Å². The Hall–Kier alpha value is -0.910. The molecule has 0 bridgehead atoms. The zero-order valence-electron chi connectivity index (χ0n) is 9.48. The van der Waals surface area contributed by atoms with Crippen molar-refractivity contribution in [3.8, 4) is 0 Å². The number of aromatic nitrogens is 2. The number of imidazole rings is 1. The van der Waals surface area contributed by atoms with Crippen LogP contribution >= 0.6 is 0 Å². The molecular formula is C11H18N4O. The van der Waals surface area contributed by atoms with Crippen LogP contribution in [-0.2, 0) is 24.4 Å². The molecule has 2 aliphatic rings. The summed E-state index contributed by atoms with van der Waals surface area (Å²) in [6.45, 7) is 7.79. The molecule has 88 valence electrons. The van der Waals surface area contributed by atoms with Crippen molar-refractivity contribution in [1.82, 2.24) is 19.8 Å². The fraction of sp³-hybridized carbons (Fsp3) is 0.727. The molecule has 3 heterocycles. The van der Waals surface area contributed by atoms with E-state index in [1.54, 1.807) is 0 Å². The normalized spacial score (nSPS) is 22.0. The van der Waals surface area contributed by atoms with Crippen LogP contribution in [0.25, 0.3) is 0 Å². The van der Waals surface area contributed by atoms with Crippen molar-refractivity contribution >= 4 is 0 Å². The van der Waals surface area contributed by atoms with Crippen LogP contribution in [-0.4, -0.2) is 47.3 Å². The van der Waals surface area contributed by atoms with Crippen LogP contribution in [0.3, 0.4) is 0 Å². The van der Waals surface area contributed by atoms with Crippen LogP contribution in [0.2, 0.25) is 0 Å². The minimum Gasteiger partial charge on any atom is -0.379 e. The quantitative estimate of drug-likeness (QED) is 0.753. The predicted molar refractivity (Wildman–Crippen MR) is 60.0 cm³/mol. The zero-order valence-corrected chi connectivity index (χ0v) is 9.48. The maximum atomic E-state index is 5.35. The Morgan fingerprint density at radius 2 is 2.19 bits per heavy atom. The molecule has 1 fully saturated rings. The van der Waals surface area contributed by atoms with E-state index in [1.165, 1.54) is 11.4 Å². The molecule has 0 amide bonds. The third kappa shape index (κ3) is 1.98. The fourth-order valence-electron chi connectivity index (χ4n) is 2.36. The van der Waals surface area contributed by atoms with Gasteiger partial charge in [-0.25, -0.2) is 4.98 Å². The number of nitrogens with one attached hydrogen (secondary N) is 1. The Kier molecular flexibility index (Phi) is 2.90. The Bertz CT molecular complexity index is 357. The highest BCUT2D eigenvalue weighted by molar-refractivity contribution is 5.14. The molecule has 0 aromatic carbocycles. The van der Waals surface area contributed by atoms with Gasteiger partial charge in [0.25, 0.3) is 0 Å². The van der Waals surface area contributed by atoms with Gasteiger partial charge in [-0.05, 0) is 0 Å². The Labute approximate surface area is 95.4 Å². The van der Waals surface area contributed by atoms with Gasteiger partial charge >= 0.3 is 0 Å². The molecule has 0 unspecified atom stereocenters. The first-order valence-electron chi connectivity index (χ1n) is 5.97. The summed E-state index contributed by atoms with van der Waals surface area (Å²) in [6.07, 6.45) is 1.98. The number of hydrogen-bond donors (Lipinski definition) is 1. The minimum absolute atomic E-state index is 0.855. The SMILES string of the molecule is c1nc(CN2CCOCC2)c2n1CCNC2. The number of rotatable bonds is 2. The average Bonchev–Trinajstić information content (AvgIpc) is 2.74. The fourth-order valence-corrected chi connectivity index (χ4v) is 2.36. The van der Waals surface area contributed by atoms with E-state index in [2.05, 4.69) is 19.8 Å². The van der Waals surface area contributed by atoms with Gasteiger partial charge in [-0.1, -0.05) is 0 Å². The standard InChI is InChI=1S/C11H18N4O/c1-2-15-9-13-10(11(15)7-12-1)8-14-3-5-16-6-4-14/h9,12H,1-8H2. The largest absolute Gasteiger partial charge is 0.379 e. The summed E-state index contributed by atoms with van der Waals surface area (Å²) in [5.41, 5.74) is 2.59. The molecule has 16 heavy (non-hydrogen) atoms. The maximum absolute atomic E-state index is 5.35. The van der Waals surface area contributed by atoms with Crippen molar-refractivity contribution in [1.29, 1.82) is 0 Å². The first-order chi connectivity index (χ1) is 7.93. The summed E-state index contributed by atoms with van der Waals surface area (Å²) in [7, 11) is 0. The molecular weight excluding hydrogens is 204 g/mol. The maximum Gasteiger partial charge on any atom is 0.0953 e. The summed E-state index contributed by atoms with van der Waals surface area (Å²) >= 11 is 0. The van der Waals surface area contributed by atoms with Crippen molar-refractivity contribution in [2.75, 3.05) is 32.8 Å². The summed E-state index contributed by atoms with van der Waals surface area (Å²) in [5, 5.41) is 3.40. The van der Waals surface area contributed by atoms with Crippen molar-refractivity contribution in [3.05, 3.63) is 17.7 Å². The van der Waals surface area contributed by atoms with Crippen molar-refractivity contribution in [2.24, 2.45) is 0 Å².